The van der Waals surface area contributed by atoms with Gasteiger partial charge in [0.1, 0.15) is 10.7 Å². The highest BCUT2D eigenvalue weighted by Gasteiger charge is 2.18. The third-order valence-electron chi connectivity index (χ3n) is 1.43. The number of aryl methyl sites for hydroxylation is 1. The second-order valence-electron chi connectivity index (χ2n) is 2.60. The maximum atomic E-state index is 13.1. The molecule has 0 atom stereocenters. The van der Waals surface area contributed by atoms with E-state index >= 15 is 0 Å². The Morgan fingerprint density at radius 3 is 2.38 bits per heavy atom. The topological polar surface area (TPSA) is 60.2 Å². The summed E-state index contributed by atoms with van der Waals surface area (Å²) in [6.07, 6.45) is 0. The molecule has 0 aliphatic heterocycles. The zero-order chi connectivity index (χ0) is 10.2. The number of nitrogens with two attached hydrogens (primary N) is 1. The molecule has 0 aliphatic rings. The predicted molar refractivity (Wildman–Crippen MR) is 47.5 cm³/mol. The standard InChI is InChI=1S/C7H7ClFNO2S/c1-4-2-5(8)7(6(9)3-4)13(10,11)12/h2-3H,1H3,(H2,10,11,12). The van der Waals surface area contributed by atoms with Crippen LogP contribution in [0.1, 0.15) is 5.56 Å². The van der Waals surface area contributed by atoms with Gasteiger partial charge in [0.25, 0.3) is 0 Å². The first-order valence-electron chi connectivity index (χ1n) is 3.31. The van der Waals surface area contributed by atoms with Crippen LogP contribution in [0.15, 0.2) is 17.0 Å². The summed E-state index contributed by atoms with van der Waals surface area (Å²) in [4.78, 5) is -0.653. The fraction of sp³-hybridized carbons (Fsp3) is 0.143. The van der Waals surface area contributed by atoms with Crippen LogP contribution in [0.2, 0.25) is 5.02 Å². The Bertz CT molecular complexity index is 421. The first-order chi connectivity index (χ1) is 5.82. The third-order valence-corrected chi connectivity index (χ3v) is 2.82. The highest BCUT2D eigenvalue weighted by atomic mass is 35.5. The summed E-state index contributed by atoms with van der Waals surface area (Å²) in [5, 5.41) is 4.56. The van der Waals surface area contributed by atoms with Gasteiger partial charge in [-0.2, -0.15) is 0 Å². The molecule has 13 heavy (non-hydrogen) atoms. The molecule has 0 aliphatic carbocycles. The van der Waals surface area contributed by atoms with Gasteiger partial charge in [-0.3, -0.25) is 0 Å². The summed E-state index contributed by atoms with van der Waals surface area (Å²) in [5.41, 5.74) is 0.537. The van der Waals surface area contributed by atoms with Gasteiger partial charge in [0, 0.05) is 0 Å². The van der Waals surface area contributed by atoms with E-state index in [2.05, 4.69) is 0 Å². The Balaban J connectivity index is 3.57. The van der Waals surface area contributed by atoms with Gasteiger partial charge in [-0.25, -0.2) is 17.9 Å². The van der Waals surface area contributed by atoms with E-state index in [0.29, 0.717) is 5.56 Å². The van der Waals surface area contributed by atoms with Gasteiger partial charge in [0.2, 0.25) is 10.0 Å². The fourth-order valence-corrected chi connectivity index (χ4v) is 2.20. The third kappa shape index (κ3) is 2.18. The van der Waals surface area contributed by atoms with Crippen LogP contribution in [0.3, 0.4) is 0 Å². The lowest BCUT2D eigenvalue weighted by atomic mass is 10.2. The molecule has 1 aromatic carbocycles. The van der Waals surface area contributed by atoms with Crippen LogP contribution >= 0.6 is 11.6 Å². The quantitative estimate of drug-likeness (QED) is 0.783. The van der Waals surface area contributed by atoms with E-state index in [-0.39, 0.29) is 5.02 Å². The van der Waals surface area contributed by atoms with Gasteiger partial charge in [-0.1, -0.05) is 11.6 Å². The smallest absolute Gasteiger partial charge is 0.224 e. The molecule has 0 amide bonds. The van der Waals surface area contributed by atoms with Crippen molar-refractivity contribution in [3.63, 3.8) is 0 Å². The molecule has 1 rings (SSSR count). The maximum absolute atomic E-state index is 13.1. The van der Waals surface area contributed by atoms with Gasteiger partial charge in [0.05, 0.1) is 5.02 Å². The molecule has 0 heterocycles. The summed E-state index contributed by atoms with van der Waals surface area (Å²) in [5.74, 6) is -0.924. The van der Waals surface area contributed by atoms with Crippen molar-refractivity contribution in [2.24, 2.45) is 5.14 Å². The van der Waals surface area contributed by atoms with Crippen LogP contribution < -0.4 is 5.14 Å². The van der Waals surface area contributed by atoms with Crippen molar-refractivity contribution >= 4 is 21.6 Å². The van der Waals surface area contributed by atoms with E-state index < -0.39 is 20.7 Å². The van der Waals surface area contributed by atoms with Crippen molar-refractivity contribution in [3.8, 4) is 0 Å². The van der Waals surface area contributed by atoms with Gasteiger partial charge >= 0.3 is 0 Å². The Labute approximate surface area is 80.4 Å². The minimum Gasteiger partial charge on any atom is -0.224 e. The van der Waals surface area contributed by atoms with E-state index in [1.807, 2.05) is 0 Å². The predicted octanol–water partition coefficient (Wildman–Crippen LogP) is 1.43. The van der Waals surface area contributed by atoms with Crippen LogP contribution in [-0.2, 0) is 10.0 Å². The zero-order valence-electron chi connectivity index (χ0n) is 6.71. The van der Waals surface area contributed by atoms with Crippen molar-refractivity contribution in [1.29, 1.82) is 0 Å². The SMILES string of the molecule is Cc1cc(F)c(S(N)(=O)=O)c(Cl)c1. The number of rotatable bonds is 1. The average molecular weight is 224 g/mol. The summed E-state index contributed by atoms with van der Waals surface area (Å²) in [6.45, 7) is 1.60. The molecule has 0 unspecified atom stereocenters. The number of benzene rings is 1. The van der Waals surface area contributed by atoms with Crippen molar-refractivity contribution in [1.82, 2.24) is 0 Å². The normalized spacial score (nSPS) is 11.7. The average Bonchev–Trinajstić information content (AvgIpc) is 1.78. The van der Waals surface area contributed by atoms with Gasteiger partial charge in [0.15, 0.2) is 0 Å². The van der Waals surface area contributed by atoms with Crippen LogP contribution in [0, 0.1) is 12.7 Å². The number of halogens is 2. The Morgan fingerprint density at radius 2 is 2.00 bits per heavy atom. The fourth-order valence-electron chi connectivity index (χ4n) is 0.958. The molecule has 2 N–H and O–H groups in total. The Morgan fingerprint density at radius 1 is 1.46 bits per heavy atom. The molecule has 0 aromatic heterocycles. The lowest BCUT2D eigenvalue weighted by Crippen LogP contribution is -2.14. The molecule has 0 saturated heterocycles. The molecule has 0 radical (unpaired) electrons. The largest absolute Gasteiger partial charge is 0.242 e. The van der Waals surface area contributed by atoms with E-state index in [1.54, 1.807) is 6.92 Å². The lowest BCUT2D eigenvalue weighted by molar-refractivity contribution is 0.567. The highest BCUT2D eigenvalue weighted by molar-refractivity contribution is 7.89. The number of hydrogen-bond acceptors (Lipinski definition) is 2. The van der Waals surface area contributed by atoms with Crippen molar-refractivity contribution in [2.75, 3.05) is 0 Å². The van der Waals surface area contributed by atoms with Crippen LogP contribution in [-0.4, -0.2) is 8.42 Å². The van der Waals surface area contributed by atoms with Gasteiger partial charge in [-0.05, 0) is 24.6 Å². The summed E-state index contributed by atoms with van der Waals surface area (Å²) >= 11 is 5.52. The van der Waals surface area contributed by atoms with Crippen LogP contribution in [0.5, 0.6) is 0 Å². The highest BCUT2D eigenvalue weighted by Crippen LogP contribution is 2.24. The van der Waals surface area contributed by atoms with Gasteiger partial charge < -0.3 is 0 Å². The second-order valence-corrected chi connectivity index (χ2v) is 4.51. The summed E-state index contributed by atoms with van der Waals surface area (Å²) < 4.78 is 34.7. The van der Waals surface area contributed by atoms with Crippen molar-refractivity contribution in [2.45, 2.75) is 11.8 Å². The Hall–Kier alpha value is -0.650. The molecule has 0 fully saturated rings. The van der Waals surface area contributed by atoms with E-state index in [9.17, 15) is 12.8 Å². The summed E-state index contributed by atoms with van der Waals surface area (Å²) in [7, 11) is -4.09. The zero-order valence-corrected chi connectivity index (χ0v) is 8.29. The molecule has 1 aromatic rings. The van der Waals surface area contributed by atoms with E-state index in [1.165, 1.54) is 6.07 Å². The van der Waals surface area contributed by atoms with E-state index in [0.717, 1.165) is 6.07 Å². The molecule has 0 spiro atoms. The lowest BCUT2D eigenvalue weighted by Gasteiger charge is -2.03. The van der Waals surface area contributed by atoms with Gasteiger partial charge in [-0.15, -0.1) is 0 Å². The Kier molecular flexibility index (Phi) is 2.61. The van der Waals surface area contributed by atoms with Crippen molar-refractivity contribution < 1.29 is 12.8 Å². The molecule has 0 bridgehead atoms. The molecule has 3 nitrogen and oxygen atoms in total. The second kappa shape index (κ2) is 3.25. The van der Waals surface area contributed by atoms with Crippen molar-refractivity contribution in [3.05, 3.63) is 28.5 Å². The molecule has 6 heteroatoms. The first kappa shape index (κ1) is 10.4. The summed E-state index contributed by atoms with van der Waals surface area (Å²) in [6, 6.07) is 2.40. The number of hydrogen-bond donors (Lipinski definition) is 1. The number of primary sulfonamides is 1. The monoisotopic (exact) mass is 223 g/mol. The van der Waals surface area contributed by atoms with E-state index in [4.69, 9.17) is 16.7 Å². The minimum absolute atomic E-state index is 0.194. The first-order valence-corrected chi connectivity index (χ1v) is 5.23. The van der Waals surface area contributed by atoms with Crippen LogP contribution in [0.25, 0.3) is 0 Å². The molecule has 72 valence electrons. The number of sulfonamides is 1. The minimum atomic E-state index is -4.09. The molecular formula is C7H7ClFNO2S. The van der Waals surface area contributed by atoms with Crippen LogP contribution in [0.4, 0.5) is 4.39 Å². The molecular weight excluding hydrogens is 217 g/mol. The maximum Gasteiger partial charge on any atom is 0.242 e. The molecule has 0 saturated carbocycles.